The van der Waals surface area contributed by atoms with Crippen molar-refractivity contribution in [3.63, 3.8) is 0 Å². The molecule has 12 heavy (non-hydrogen) atoms. The van der Waals surface area contributed by atoms with E-state index in [9.17, 15) is 0 Å². The molecule has 0 unspecified atom stereocenters. The molecular formula is C10H21NO. The van der Waals surface area contributed by atoms with Crippen molar-refractivity contribution in [1.82, 2.24) is 0 Å². The highest BCUT2D eigenvalue weighted by Crippen LogP contribution is 1.94. The first kappa shape index (κ1) is 11.5. The predicted molar refractivity (Wildman–Crippen MR) is 53.5 cm³/mol. The highest BCUT2D eigenvalue weighted by atomic mass is 16.6. The van der Waals surface area contributed by atoms with Crippen LogP contribution in [-0.4, -0.2) is 12.8 Å². The number of hydrogen-bond acceptors (Lipinski definition) is 2. The summed E-state index contributed by atoms with van der Waals surface area (Å²) in [6.07, 6.45) is 8.96. The molecule has 0 fully saturated rings. The molecular weight excluding hydrogens is 150 g/mol. The molecule has 0 aromatic rings. The topological polar surface area (TPSA) is 21.6 Å². The van der Waals surface area contributed by atoms with Gasteiger partial charge in [0.05, 0.1) is 0 Å². The number of rotatable bonds is 8. The van der Waals surface area contributed by atoms with Gasteiger partial charge in [0, 0.05) is 6.21 Å². The van der Waals surface area contributed by atoms with Gasteiger partial charge >= 0.3 is 0 Å². The van der Waals surface area contributed by atoms with Gasteiger partial charge < -0.3 is 4.84 Å². The lowest BCUT2D eigenvalue weighted by Crippen LogP contribution is -1.87. The van der Waals surface area contributed by atoms with Crippen LogP contribution < -0.4 is 0 Å². The van der Waals surface area contributed by atoms with Crippen LogP contribution in [0.4, 0.5) is 0 Å². The van der Waals surface area contributed by atoms with Crippen molar-refractivity contribution in [3.05, 3.63) is 0 Å². The van der Waals surface area contributed by atoms with Gasteiger partial charge in [-0.05, 0) is 19.3 Å². The summed E-state index contributed by atoms with van der Waals surface area (Å²) in [5.74, 6) is 0. The third-order valence-corrected chi connectivity index (χ3v) is 1.68. The van der Waals surface area contributed by atoms with Crippen molar-refractivity contribution >= 4 is 6.21 Å². The predicted octanol–water partition coefficient (Wildman–Crippen LogP) is 3.37. The highest BCUT2D eigenvalue weighted by Gasteiger charge is 1.84. The van der Waals surface area contributed by atoms with Gasteiger partial charge in [-0.25, -0.2) is 0 Å². The van der Waals surface area contributed by atoms with Crippen LogP contribution in [0.3, 0.4) is 0 Å². The lowest BCUT2D eigenvalue weighted by Gasteiger charge is -1.96. The van der Waals surface area contributed by atoms with Gasteiger partial charge in [-0.15, -0.1) is 0 Å². The van der Waals surface area contributed by atoms with Crippen LogP contribution in [0, 0.1) is 0 Å². The van der Waals surface area contributed by atoms with Crippen molar-refractivity contribution in [2.24, 2.45) is 5.16 Å². The summed E-state index contributed by atoms with van der Waals surface area (Å²) in [6, 6.07) is 0. The van der Waals surface area contributed by atoms with Crippen molar-refractivity contribution in [2.45, 2.75) is 52.4 Å². The van der Waals surface area contributed by atoms with E-state index in [4.69, 9.17) is 4.84 Å². The molecule has 0 spiro atoms. The zero-order valence-electron chi connectivity index (χ0n) is 8.38. The van der Waals surface area contributed by atoms with Crippen molar-refractivity contribution < 1.29 is 4.84 Å². The molecule has 2 nitrogen and oxygen atoms in total. The van der Waals surface area contributed by atoms with Gasteiger partial charge in [0.1, 0.15) is 6.61 Å². The maximum Gasteiger partial charge on any atom is 0.117 e. The minimum Gasteiger partial charge on any atom is -0.396 e. The molecule has 0 heterocycles. The lowest BCUT2D eigenvalue weighted by molar-refractivity contribution is 0.141. The molecule has 72 valence electrons. The van der Waals surface area contributed by atoms with E-state index in [-0.39, 0.29) is 0 Å². The van der Waals surface area contributed by atoms with Crippen LogP contribution in [0.25, 0.3) is 0 Å². The first-order chi connectivity index (χ1) is 5.91. The Balaban J connectivity index is 2.92. The molecule has 0 aromatic heterocycles. The van der Waals surface area contributed by atoms with Crippen LogP contribution in [0.5, 0.6) is 0 Å². The summed E-state index contributed by atoms with van der Waals surface area (Å²) >= 11 is 0. The number of oxime groups is 1. The largest absolute Gasteiger partial charge is 0.396 e. The molecule has 0 saturated heterocycles. The molecule has 0 bridgehead atoms. The Bertz CT molecular complexity index is 102. The van der Waals surface area contributed by atoms with Crippen molar-refractivity contribution in [1.29, 1.82) is 0 Å². The van der Waals surface area contributed by atoms with E-state index in [0.29, 0.717) is 0 Å². The van der Waals surface area contributed by atoms with Crippen LogP contribution in [0.15, 0.2) is 5.16 Å². The quantitative estimate of drug-likeness (QED) is 0.312. The molecule has 0 rings (SSSR count). The van der Waals surface area contributed by atoms with E-state index in [2.05, 4.69) is 19.0 Å². The van der Waals surface area contributed by atoms with Gasteiger partial charge in [-0.3, -0.25) is 0 Å². The van der Waals surface area contributed by atoms with Crippen LogP contribution in [0.1, 0.15) is 52.4 Å². The molecule has 0 amide bonds. The molecule has 0 aliphatic heterocycles. The smallest absolute Gasteiger partial charge is 0.117 e. The molecule has 0 aliphatic rings. The fourth-order valence-corrected chi connectivity index (χ4v) is 0.870. The fourth-order valence-electron chi connectivity index (χ4n) is 0.870. The summed E-state index contributed by atoms with van der Waals surface area (Å²) in [7, 11) is 0. The molecule has 2 heteroatoms. The second kappa shape index (κ2) is 10.5. The number of nitrogens with zero attached hydrogens (tertiary/aromatic N) is 1. The third kappa shape index (κ3) is 9.47. The van der Waals surface area contributed by atoms with E-state index in [1.807, 2.05) is 6.21 Å². The second-order valence-electron chi connectivity index (χ2n) is 2.97. The van der Waals surface area contributed by atoms with Gasteiger partial charge in [-0.1, -0.05) is 38.3 Å². The maximum absolute atomic E-state index is 5.05. The SMILES string of the molecule is CCCCC=NOCCCCC. The standard InChI is InChI=1S/C10H21NO/c1-3-5-7-9-11-12-10-8-6-4-2/h9H,3-8,10H2,1-2H3. The molecule has 0 N–H and O–H groups in total. The Morgan fingerprint density at radius 1 is 1.08 bits per heavy atom. The Morgan fingerprint density at radius 2 is 1.83 bits per heavy atom. The number of unbranched alkanes of at least 4 members (excludes halogenated alkanes) is 4. The third-order valence-electron chi connectivity index (χ3n) is 1.68. The van der Waals surface area contributed by atoms with E-state index in [1.54, 1.807) is 0 Å². The van der Waals surface area contributed by atoms with E-state index < -0.39 is 0 Å². The van der Waals surface area contributed by atoms with Gasteiger partial charge in [0.15, 0.2) is 0 Å². The van der Waals surface area contributed by atoms with Gasteiger partial charge in [0.2, 0.25) is 0 Å². The average molecular weight is 171 g/mol. The second-order valence-corrected chi connectivity index (χ2v) is 2.97. The van der Waals surface area contributed by atoms with Crippen molar-refractivity contribution in [3.8, 4) is 0 Å². The van der Waals surface area contributed by atoms with Crippen molar-refractivity contribution in [2.75, 3.05) is 6.61 Å². The summed E-state index contributed by atoms with van der Waals surface area (Å²) in [4.78, 5) is 5.05. The highest BCUT2D eigenvalue weighted by molar-refractivity contribution is 5.55. The first-order valence-corrected chi connectivity index (χ1v) is 5.05. The van der Waals surface area contributed by atoms with E-state index in [1.165, 1.54) is 25.7 Å². The number of hydrogen-bond donors (Lipinski definition) is 0. The Hall–Kier alpha value is -0.530. The zero-order chi connectivity index (χ0) is 9.07. The monoisotopic (exact) mass is 171 g/mol. The van der Waals surface area contributed by atoms with Crippen LogP contribution >= 0.6 is 0 Å². The molecule has 0 saturated carbocycles. The van der Waals surface area contributed by atoms with E-state index in [0.717, 1.165) is 19.4 Å². The minimum atomic E-state index is 0.774. The first-order valence-electron chi connectivity index (χ1n) is 5.05. The zero-order valence-corrected chi connectivity index (χ0v) is 8.38. The summed E-state index contributed by atoms with van der Waals surface area (Å²) < 4.78 is 0. The summed E-state index contributed by atoms with van der Waals surface area (Å²) in [6.45, 7) is 5.14. The average Bonchev–Trinajstić information content (AvgIpc) is 2.10. The summed E-state index contributed by atoms with van der Waals surface area (Å²) in [5, 5.41) is 3.86. The summed E-state index contributed by atoms with van der Waals surface area (Å²) in [5.41, 5.74) is 0. The van der Waals surface area contributed by atoms with E-state index >= 15 is 0 Å². The van der Waals surface area contributed by atoms with Gasteiger partial charge in [0.25, 0.3) is 0 Å². The normalized spacial score (nSPS) is 10.8. The Morgan fingerprint density at radius 3 is 2.50 bits per heavy atom. The van der Waals surface area contributed by atoms with Crippen LogP contribution in [-0.2, 0) is 4.84 Å². The minimum absolute atomic E-state index is 0.774. The molecule has 0 aromatic carbocycles. The molecule has 0 radical (unpaired) electrons. The fraction of sp³-hybridized carbons (Fsp3) is 0.900. The van der Waals surface area contributed by atoms with Gasteiger partial charge in [-0.2, -0.15) is 0 Å². The Kier molecular flexibility index (Phi) is 10.0. The molecule has 0 aliphatic carbocycles. The molecule has 0 atom stereocenters. The lowest BCUT2D eigenvalue weighted by atomic mass is 10.3. The van der Waals surface area contributed by atoms with Crippen LogP contribution in [0.2, 0.25) is 0 Å². The maximum atomic E-state index is 5.05. The Labute approximate surface area is 76.0 Å².